The molecule has 0 amide bonds. The van der Waals surface area contributed by atoms with E-state index in [1.54, 1.807) is 0 Å². The summed E-state index contributed by atoms with van der Waals surface area (Å²) in [5, 5.41) is 29.8. The van der Waals surface area contributed by atoms with Crippen molar-refractivity contribution in [3.63, 3.8) is 0 Å². The summed E-state index contributed by atoms with van der Waals surface area (Å²) in [5.74, 6) is 0. The summed E-state index contributed by atoms with van der Waals surface area (Å²) in [7, 11) is -1.42. The Kier molecular flexibility index (Phi) is 35.4. The van der Waals surface area contributed by atoms with Gasteiger partial charge in [-0.1, -0.05) is 0 Å². The van der Waals surface area contributed by atoms with Gasteiger partial charge in [-0.25, -0.2) is 0 Å². The molecule has 0 aromatic heterocycles. The van der Waals surface area contributed by atoms with Crippen LogP contribution >= 0.6 is 0 Å². The number of hydrogen-bond acceptors (Lipinski definition) is 4. The monoisotopic (exact) mass is 132 g/mol. The van der Waals surface area contributed by atoms with Crippen molar-refractivity contribution >= 4 is 7.32 Å². The Bertz CT molecular complexity index is 16.4. The minimum atomic E-state index is -2.17. The van der Waals surface area contributed by atoms with Crippen molar-refractivity contribution in [3.05, 3.63) is 0 Å². The normalized spacial score (nSPS) is 4.71. The summed E-state index contributed by atoms with van der Waals surface area (Å²) >= 11 is 0. The molecule has 0 unspecified atom stereocenters. The maximum atomic E-state index is 8.25. The Morgan fingerprint density at radius 1 is 1.14 bits per heavy atom. The SMILES string of the molecule is C[O-].OB(O)O.[K+]. The van der Waals surface area contributed by atoms with Gasteiger partial charge >= 0.3 is 58.7 Å². The molecule has 0 aliphatic heterocycles. The molecule has 0 rings (SSSR count). The number of rotatable bonds is 0. The van der Waals surface area contributed by atoms with Crippen LogP contribution in [-0.4, -0.2) is 29.5 Å². The first kappa shape index (κ1) is 15.8. The third-order valence-corrected chi connectivity index (χ3v) is 0. The van der Waals surface area contributed by atoms with Crippen LogP contribution in [0, 0.1) is 0 Å². The fourth-order valence-electron chi connectivity index (χ4n) is 0. The van der Waals surface area contributed by atoms with E-state index in [0.29, 0.717) is 0 Å². The van der Waals surface area contributed by atoms with Gasteiger partial charge in [-0.3, -0.25) is 0 Å². The van der Waals surface area contributed by atoms with Crippen molar-refractivity contribution in [1.82, 2.24) is 0 Å². The topological polar surface area (TPSA) is 83.8 Å². The molecule has 0 saturated heterocycles. The van der Waals surface area contributed by atoms with Crippen molar-refractivity contribution < 1.29 is 71.6 Å². The summed E-state index contributed by atoms with van der Waals surface area (Å²) in [4.78, 5) is 0. The van der Waals surface area contributed by atoms with Crippen LogP contribution in [0.15, 0.2) is 0 Å². The summed E-state index contributed by atoms with van der Waals surface area (Å²) in [6.07, 6.45) is 0. The molecule has 0 aliphatic rings. The molecule has 38 valence electrons. The van der Waals surface area contributed by atoms with E-state index in [-0.39, 0.29) is 51.4 Å². The van der Waals surface area contributed by atoms with E-state index in [9.17, 15) is 0 Å². The molecule has 0 aliphatic carbocycles. The molecule has 0 spiro atoms. The summed E-state index contributed by atoms with van der Waals surface area (Å²) < 4.78 is 0. The minimum absolute atomic E-state index is 0. The average molecular weight is 132 g/mol. The van der Waals surface area contributed by atoms with E-state index in [4.69, 9.17) is 20.2 Å². The van der Waals surface area contributed by atoms with Crippen molar-refractivity contribution in [2.45, 2.75) is 0 Å². The van der Waals surface area contributed by atoms with Crippen LogP contribution in [0.3, 0.4) is 0 Å². The fraction of sp³-hybridized carbons (Fsp3) is 1.00. The van der Waals surface area contributed by atoms with Gasteiger partial charge in [0.15, 0.2) is 0 Å². The third kappa shape index (κ3) is 97.5. The van der Waals surface area contributed by atoms with Crippen molar-refractivity contribution in [1.29, 1.82) is 0 Å². The van der Waals surface area contributed by atoms with Crippen LogP contribution in [0.4, 0.5) is 0 Å². The van der Waals surface area contributed by atoms with Gasteiger partial charge in [0, 0.05) is 0 Å². The first-order valence-electron chi connectivity index (χ1n) is 1.18. The van der Waals surface area contributed by atoms with Crippen LogP contribution in [-0.2, 0) is 0 Å². The van der Waals surface area contributed by atoms with Gasteiger partial charge in [0.1, 0.15) is 0 Å². The van der Waals surface area contributed by atoms with Crippen LogP contribution < -0.4 is 56.5 Å². The zero-order valence-corrected chi connectivity index (χ0v) is 7.45. The zero-order valence-electron chi connectivity index (χ0n) is 4.33. The van der Waals surface area contributed by atoms with Gasteiger partial charge in [-0.15, -0.1) is 0 Å². The molecular weight excluding hydrogens is 126 g/mol. The Morgan fingerprint density at radius 2 is 1.14 bits per heavy atom. The van der Waals surface area contributed by atoms with E-state index in [1.807, 2.05) is 0 Å². The maximum Gasteiger partial charge on any atom is 1.00 e. The molecule has 0 bridgehead atoms. The molecule has 0 aromatic rings. The average Bonchev–Trinajstić information content (AvgIpc) is 1.41. The van der Waals surface area contributed by atoms with Gasteiger partial charge in [0.05, 0.1) is 0 Å². The van der Waals surface area contributed by atoms with Crippen LogP contribution in [0.5, 0.6) is 0 Å². The molecule has 0 atom stereocenters. The first-order chi connectivity index (χ1) is 2.73. The second-order valence-corrected chi connectivity index (χ2v) is 0.346. The Labute approximate surface area is 84.8 Å². The van der Waals surface area contributed by atoms with Crippen molar-refractivity contribution in [3.8, 4) is 0 Å². The zero-order chi connectivity index (χ0) is 5.58. The van der Waals surface area contributed by atoms with E-state index in [0.717, 1.165) is 7.11 Å². The van der Waals surface area contributed by atoms with Crippen molar-refractivity contribution in [2.75, 3.05) is 7.11 Å². The van der Waals surface area contributed by atoms with E-state index in [1.165, 1.54) is 0 Å². The predicted octanol–water partition coefficient (Wildman–Crippen LogP) is -6.07. The first-order valence-corrected chi connectivity index (χ1v) is 1.18. The predicted molar refractivity (Wildman–Crippen MR) is 18.3 cm³/mol. The molecular formula is CH6BKO4. The molecule has 6 heteroatoms. The molecule has 4 nitrogen and oxygen atoms in total. The van der Waals surface area contributed by atoms with Gasteiger partial charge < -0.3 is 20.2 Å². The van der Waals surface area contributed by atoms with Crippen LogP contribution in [0.1, 0.15) is 0 Å². The molecule has 0 saturated carbocycles. The van der Waals surface area contributed by atoms with E-state index >= 15 is 0 Å². The molecule has 0 fully saturated rings. The Balaban J connectivity index is -0.0000000480. The maximum absolute atomic E-state index is 8.25. The van der Waals surface area contributed by atoms with Gasteiger partial charge in [-0.2, -0.15) is 7.11 Å². The van der Waals surface area contributed by atoms with Crippen molar-refractivity contribution in [2.24, 2.45) is 0 Å². The van der Waals surface area contributed by atoms with Gasteiger partial charge in [0.2, 0.25) is 0 Å². The second kappa shape index (κ2) is 15.6. The second-order valence-electron chi connectivity index (χ2n) is 0.346. The Morgan fingerprint density at radius 3 is 1.14 bits per heavy atom. The van der Waals surface area contributed by atoms with Crippen LogP contribution in [0.25, 0.3) is 0 Å². The van der Waals surface area contributed by atoms with Crippen LogP contribution in [0.2, 0.25) is 0 Å². The van der Waals surface area contributed by atoms with Gasteiger partial charge in [-0.05, 0) is 0 Å². The number of hydrogen-bond donors (Lipinski definition) is 3. The molecule has 0 heterocycles. The standard InChI is InChI=1S/CH3O.BH3O3.K/c1-2;2-1(3)4;/h1H3;2-4H;/q-1;;+1. The van der Waals surface area contributed by atoms with Gasteiger partial charge in [0.25, 0.3) is 0 Å². The largest absolute Gasteiger partial charge is 1.00 e. The third-order valence-electron chi connectivity index (χ3n) is 0. The quantitative estimate of drug-likeness (QED) is 0.286. The molecule has 0 radical (unpaired) electrons. The summed E-state index contributed by atoms with van der Waals surface area (Å²) in [5.41, 5.74) is 0. The van der Waals surface area contributed by atoms with E-state index in [2.05, 4.69) is 0 Å². The Hall–Kier alpha value is 1.54. The fourth-order valence-corrected chi connectivity index (χ4v) is 0. The summed E-state index contributed by atoms with van der Waals surface area (Å²) in [6.45, 7) is 0. The summed E-state index contributed by atoms with van der Waals surface area (Å²) in [6, 6.07) is 0. The smallest absolute Gasteiger partial charge is 0.857 e. The molecule has 3 N–H and O–H groups in total. The van der Waals surface area contributed by atoms with E-state index < -0.39 is 7.32 Å². The minimum Gasteiger partial charge on any atom is -0.857 e. The molecule has 0 aromatic carbocycles. The molecule has 7 heavy (non-hydrogen) atoms.